The predicted octanol–water partition coefficient (Wildman–Crippen LogP) is 5.63. The number of rotatable bonds is 7. The summed E-state index contributed by atoms with van der Waals surface area (Å²) in [7, 11) is 0. The molecule has 4 nitrogen and oxygen atoms in total. The van der Waals surface area contributed by atoms with E-state index in [9.17, 15) is 4.79 Å². The molecule has 0 radical (unpaired) electrons. The minimum Gasteiger partial charge on any atom is -0.320 e. The van der Waals surface area contributed by atoms with Crippen LogP contribution in [-0.2, 0) is 5.41 Å². The summed E-state index contributed by atoms with van der Waals surface area (Å²) in [6, 6.07) is 8.03. The van der Waals surface area contributed by atoms with Crippen LogP contribution in [0.5, 0.6) is 0 Å². The lowest BCUT2D eigenvalue weighted by atomic mass is 9.86. The van der Waals surface area contributed by atoms with Crippen molar-refractivity contribution < 1.29 is 4.79 Å². The van der Waals surface area contributed by atoms with Gasteiger partial charge in [0.15, 0.2) is 0 Å². The van der Waals surface area contributed by atoms with Crippen molar-refractivity contribution in [2.75, 3.05) is 37.0 Å². The number of para-hydroxylation sites is 1. The van der Waals surface area contributed by atoms with E-state index < -0.39 is 0 Å². The summed E-state index contributed by atoms with van der Waals surface area (Å²) in [5.74, 6) is 1.61. The normalized spacial score (nSPS) is 16.1. The average molecular weight is 432 g/mol. The summed E-state index contributed by atoms with van der Waals surface area (Å²) in [6.07, 6.45) is 5.72. The standard InChI is InChI=1S/C23H33N3OS2/c1-23(2,3)18-8-5-6-9-19(18)24-21(27)20-16-29-22(25-20)17-10-13-26(14-11-17)12-7-15-28-4/h5-6,8-9,16-17H,7,10-15H2,1-4H3,(H,24,27). The van der Waals surface area contributed by atoms with E-state index in [1.165, 1.54) is 18.7 Å². The zero-order chi connectivity index (χ0) is 20.9. The molecule has 1 saturated heterocycles. The molecule has 0 saturated carbocycles. The molecule has 1 aliphatic rings. The number of carbonyl (C=O) groups excluding carboxylic acids is 1. The summed E-state index contributed by atoms with van der Waals surface area (Å²) in [4.78, 5) is 20.1. The molecular weight excluding hydrogens is 398 g/mol. The molecule has 1 N–H and O–H groups in total. The molecule has 0 atom stereocenters. The maximum absolute atomic E-state index is 12.8. The molecule has 3 rings (SSSR count). The number of nitrogens with zero attached hydrogens (tertiary/aromatic N) is 2. The fraction of sp³-hybridized carbons (Fsp3) is 0.565. The van der Waals surface area contributed by atoms with Gasteiger partial charge in [0.2, 0.25) is 0 Å². The lowest BCUT2D eigenvalue weighted by Crippen LogP contribution is -2.33. The summed E-state index contributed by atoms with van der Waals surface area (Å²) in [5.41, 5.74) is 2.52. The van der Waals surface area contributed by atoms with Crippen molar-refractivity contribution in [2.24, 2.45) is 0 Å². The van der Waals surface area contributed by atoms with Gasteiger partial charge >= 0.3 is 0 Å². The zero-order valence-corrected chi connectivity index (χ0v) is 19.7. The van der Waals surface area contributed by atoms with Crippen molar-refractivity contribution in [3.05, 3.63) is 45.9 Å². The Morgan fingerprint density at radius 1 is 1.28 bits per heavy atom. The van der Waals surface area contributed by atoms with Gasteiger partial charge in [0.25, 0.3) is 5.91 Å². The highest BCUT2D eigenvalue weighted by atomic mass is 32.2. The number of benzene rings is 1. The molecule has 2 heterocycles. The number of hydrogen-bond donors (Lipinski definition) is 1. The molecule has 158 valence electrons. The third kappa shape index (κ3) is 6.06. The van der Waals surface area contributed by atoms with E-state index >= 15 is 0 Å². The molecule has 1 aromatic carbocycles. The fourth-order valence-corrected chi connectivity index (χ4v) is 5.24. The molecular formula is C23H33N3OS2. The summed E-state index contributed by atoms with van der Waals surface area (Å²) in [6.45, 7) is 9.95. The monoisotopic (exact) mass is 431 g/mol. The number of aromatic nitrogens is 1. The Balaban J connectivity index is 1.59. The molecule has 1 aliphatic heterocycles. The van der Waals surface area contributed by atoms with E-state index in [4.69, 9.17) is 4.98 Å². The number of nitrogens with one attached hydrogen (secondary N) is 1. The van der Waals surface area contributed by atoms with Crippen LogP contribution in [0, 0.1) is 0 Å². The third-order valence-corrected chi connectivity index (χ3v) is 7.20. The molecule has 1 amide bonds. The number of thioether (sulfide) groups is 1. The summed E-state index contributed by atoms with van der Waals surface area (Å²) < 4.78 is 0. The van der Waals surface area contributed by atoms with Crippen LogP contribution in [-0.4, -0.2) is 47.4 Å². The molecule has 1 fully saturated rings. The Morgan fingerprint density at radius 2 is 2.00 bits per heavy atom. The van der Waals surface area contributed by atoms with E-state index in [-0.39, 0.29) is 11.3 Å². The summed E-state index contributed by atoms with van der Waals surface area (Å²) in [5, 5.41) is 6.11. The number of thiazole rings is 1. The van der Waals surface area contributed by atoms with Crippen LogP contribution >= 0.6 is 23.1 Å². The van der Waals surface area contributed by atoms with E-state index in [2.05, 4.69) is 43.3 Å². The van der Waals surface area contributed by atoms with E-state index in [0.717, 1.165) is 42.2 Å². The van der Waals surface area contributed by atoms with Gasteiger partial charge in [-0.1, -0.05) is 39.0 Å². The number of hydrogen-bond acceptors (Lipinski definition) is 5. The van der Waals surface area contributed by atoms with E-state index in [1.54, 1.807) is 11.3 Å². The van der Waals surface area contributed by atoms with Crippen LogP contribution < -0.4 is 5.32 Å². The van der Waals surface area contributed by atoms with Crippen LogP contribution in [0.25, 0.3) is 0 Å². The average Bonchev–Trinajstić information content (AvgIpc) is 3.19. The van der Waals surface area contributed by atoms with E-state index in [0.29, 0.717) is 11.6 Å². The maximum atomic E-state index is 12.8. The smallest absolute Gasteiger partial charge is 0.275 e. The molecule has 0 spiro atoms. The van der Waals surface area contributed by atoms with Gasteiger partial charge in [-0.05, 0) is 68.0 Å². The number of amides is 1. The van der Waals surface area contributed by atoms with Gasteiger partial charge in [-0.15, -0.1) is 11.3 Å². The Hall–Kier alpha value is -1.37. The Morgan fingerprint density at radius 3 is 2.69 bits per heavy atom. The second kappa shape index (κ2) is 10.1. The Bertz CT molecular complexity index is 804. The highest BCUT2D eigenvalue weighted by Gasteiger charge is 2.24. The first kappa shape index (κ1) is 22.3. The largest absolute Gasteiger partial charge is 0.320 e. The minimum atomic E-state index is -0.112. The van der Waals surface area contributed by atoms with Crippen molar-refractivity contribution in [3.8, 4) is 0 Å². The first-order chi connectivity index (χ1) is 13.9. The van der Waals surface area contributed by atoms with Gasteiger partial charge in [0.05, 0.1) is 5.01 Å². The van der Waals surface area contributed by atoms with Crippen molar-refractivity contribution in [1.29, 1.82) is 0 Å². The molecule has 0 unspecified atom stereocenters. The number of anilines is 1. The van der Waals surface area contributed by atoms with Gasteiger partial charge in [-0.3, -0.25) is 4.79 Å². The first-order valence-corrected chi connectivity index (χ1v) is 12.7. The lowest BCUT2D eigenvalue weighted by Gasteiger charge is -2.30. The molecule has 6 heteroatoms. The van der Waals surface area contributed by atoms with Crippen molar-refractivity contribution in [2.45, 2.75) is 51.4 Å². The van der Waals surface area contributed by atoms with Crippen molar-refractivity contribution >= 4 is 34.7 Å². The third-order valence-electron chi connectivity index (χ3n) is 5.50. The quantitative estimate of drug-likeness (QED) is 0.578. The second-order valence-corrected chi connectivity index (χ2v) is 10.7. The van der Waals surface area contributed by atoms with Crippen molar-refractivity contribution in [3.63, 3.8) is 0 Å². The topological polar surface area (TPSA) is 45.2 Å². The van der Waals surface area contributed by atoms with E-state index in [1.807, 2.05) is 35.3 Å². The number of carbonyl (C=O) groups is 1. The zero-order valence-electron chi connectivity index (χ0n) is 18.0. The van der Waals surface area contributed by atoms with Crippen LogP contribution in [0.1, 0.15) is 67.0 Å². The van der Waals surface area contributed by atoms with Gasteiger partial charge < -0.3 is 10.2 Å². The Labute approximate surface area is 183 Å². The van der Waals surface area contributed by atoms with Gasteiger partial charge in [0.1, 0.15) is 5.69 Å². The number of likely N-dealkylation sites (tertiary alicyclic amines) is 1. The summed E-state index contributed by atoms with van der Waals surface area (Å²) >= 11 is 3.56. The Kier molecular flexibility index (Phi) is 7.77. The molecule has 29 heavy (non-hydrogen) atoms. The predicted molar refractivity (Wildman–Crippen MR) is 127 cm³/mol. The highest BCUT2D eigenvalue weighted by Crippen LogP contribution is 2.32. The van der Waals surface area contributed by atoms with Crippen molar-refractivity contribution in [1.82, 2.24) is 9.88 Å². The lowest BCUT2D eigenvalue weighted by molar-refractivity contribution is 0.102. The molecule has 0 aliphatic carbocycles. The SMILES string of the molecule is CSCCCN1CCC(c2nc(C(=O)Nc3ccccc3C(C)(C)C)cs2)CC1. The minimum absolute atomic E-state index is 0.0269. The van der Waals surface area contributed by atoms with Crippen LogP contribution in [0.15, 0.2) is 29.6 Å². The molecule has 1 aromatic heterocycles. The number of piperidine rings is 1. The van der Waals surface area contributed by atoms with Crippen LogP contribution in [0.4, 0.5) is 5.69 Å². The van der Waals surface area contributed by atoms with Gasteiger partial charge in [-0.2, -0.15) is 11.8 Å². The fourth-order valence-electron chi connectivity index (χ4n) is 3.85. The first-order valence-electron chi connectivity index (χ1n) is 10.5. The highest BCUT2D eigenvalue weighted by molar-refractivity contribution is 7.98. The van der Waals surface area contributed by atoms with Crippen LogP contribution in [0.3, 0.4) is 0 Å². The molecule has 2 aromatic rings. The maximum Gasteiger partial charge on any atom is 0.275 e. The molecule has 0 bridgehead atoms. The second-order valence-electron chi connectivity index (χ2n) is 8.78. The van der Waals surface area contributed by atoms with Crippen LogP contribution in [0.2, 0.25) is 0 Å². The van der Waals surface area contributed by atoms with Gasteiger partial charge in [0, 0.05) is 17.0 Å². The van der Waals surface area contributed by atoms with Gasteiger partial charge in [-0.25, -0.2) is 4.98 Å².